The molecule has 20 heavy (non-hydrogen) atoms. The van der Waals surface area contributed by atoms with Gasteiger partial charge in [0.25, 0.3) is 5.69 Å². The van der Waals surface area contributed by atoms with Crippen molar-refractivity contribution in [1.29, 1.82) is 0 Å². The molecule has 0 amide bonds. The first-order valence-corrected chi connectivity index (χ1v) is 6.33. The number of anilines is 1. The molecule has 1 N–H and O–H groups in total. The fourth-order valence-corrected chi connectivity index (χ4v) is 2.14. The van der Waals surface area contributed by atoms with Crippen LogP contribution >= 0.6 is 0 Å². The number of hydrogen-bond donors (Lipinski definition) is 1. The molecule has 1 aliphatic rings. The predicted octanol–water partition coefficient (Wildman–Crippen LogP) is 2.88. The summed E-state index contributed by atoms with van der Waals surface area (Å²) in [5.41, 5.74) is 1.01. The molecular formula is C13H13FN4O2. The normalized spacial score (nSPS) is 14.2. The van der Waals surface area contributed by atoms with Gasteiger partial charge in [0.2, 0.25) is 0 Å². The lowest BCUT2D eigenvalue weighted by molar-refractivity contribution is -0.384. The van der Waals surface area contributed by atoms with Gasteiger partial charge in [0.15, 0.2) is 0 Å². The van der Waals surface area contributed by atoms with E-state index in [9.17, 15) is 14.5 Å². The van der Waals surface area contributed by atoms with E-state index >= 15 is 0 Å². The van der Waals surface area contributed by atoms with Gasteiger partial charge in [-0.3, -0.25) is 10.1 Å². The average molecular weight is 276 g/mol. The van der Waals surface area contributed by atoms with Crippen molar-refractivity contribution in [2.45, 2.75) is 25.4 Å². The Balaban J connectivity index is 1.78. The van der Waals surface area contributed by atoms with Crippen LogP contribution in [0.25, 0.3) is 0 Å². The minimum Gasteiger partial charge on any atom is -0.374 e. The summed E-state index contributed by atoms with van der Waals surface area (Å²) in [6, 6.07) is 4.00. The smallest absolute Gasteiger partial charge is 0.295 e. The van der Waals surface area contributed by atoms with Crippen molar-refractivity contribution in [3.05, 3.63) is 52.3 Å². The van der Waals surface area contributed by atoms with Crippen LogP contribution in [0.1, 0.15) is 24.6 Å². The fraction of sp³-hybridized carbons (Fsp3) is 0.308. The molecule has 0 atom stereocenters. The largest absolute Gasteiger partial charge is 0.374 e. The Morgan fingerprint density at radius 3 is 3.00 bits per heavy atom. The van der Waals surface area contributed by atoms with Crippen LogP contribution in [0.2, 0.25) is 0 Å². The standard InChI is InChI=1S/C13H13FN4O2/c14-9-1-4-12(13(5-9)18(19)20)16-7-11-6-15-8-17(11)10-2-3-10/h1,4-6,8,10,16H,2-3,7H2. The monoisotopic (exact) mass is 276 g/mol. The lowest BCUT2D eigenvalue weighted by Crippen LogP contribution is -2.07. The fourth-order valence-electron chi connectivity index (χ4n) is 2.14. The van der Waals surface area contributed by atoms with Gasteiger partial charge >= 0.3 is 0 Å². The van der Waals surface area contributed by atoms with Crippen LogP contribution in [0.15, 0.2) is 30.7 Å². The first kappa shape index (κ1) is 12.6. The Hall–Kier alpha value is -2.44. The van der Waals surface area contributed by atoms with Crippen molar-refractivity contribution < 1.29 is 9.31 Å². The second kappa shape index (κ2) is 4.92. The van der Waals surface area contributed by atoms with Gasteiger partial charge in [-0.05, 0) is 25.0 Å². The number of hydrogen-bond acceptors (Lipinski definition) is 4. The number of rotatable bonds is 5. The molecule has 1 aliphatic carbocycles. The highest BCUT2D eigenvalue weighted by molar-refractivity contribution is 5.61. The number of nitrogens with one attached hydrogen (secondary N) is 1. The van der Waals surface area contributed by atoms with Crippen molar-refractivity contribution in [3.8, 4) is 0 Å². The topological polar surface area (TPSA) is 73.0 Å². The summed E-state index contributed by atoms with van der Waals surface area (Å²) in [5.74, 6) is -0.620. The first-order valence-electron chi connectivity index (χ1n) is 6.33. The summed E-state index contributed by atoms with van der Waals surface area (Å²) >= 11 is 0. The molecule has 1 fully saturated rings. The highest BCUT2D eigenvalue weighted by Gasteiger charge is 2.25. The first-order chi connectivity index (χ1) is 9.65. The third kappa shape index (κ3) is 2.47. The van der Waals surface area contributed by atoms with E-state index in [4.69, 9.17) is 0 Å². The zero-order chi connectivity index (χ0) is 14.1. The van der Waals surface area contributed by atoms with Crippen LogP contribution in [-0.2, 0) is 6.54 Å². The van der Waals surface area contributed by atoms with E-state index in [1.165, 1.54) is 12.1 Å². The molecule has 104 valence electrons. The Morgan fingerprint density at radius 2 is 2.30 bits per heavy atom. The Bertz CT molecular complexity index is 652. The number of imidazole rings is 1. The molecule has 1 heterocycles. The SMILES string of the molecule is O=[N+]([O-])c1cc(F)ccc1NCc1cncn1C1CC1. The molecule has 6 nitrogen and oxygen atoms in total. The molecule has 0 unspecified atom stereocenters. The average Bonchev–Trinajstić information content (AvgIpc) is 3.16. The van der Waals surface area contributed by atoms with E-state index in [-0.39, 0.29) is 5.69 Å². The molecule has 7 heteroatoms. The van der Waals surface area contributed by atoms with E-state index < -0.39 is 10.7 Å². The molecule has 1 aromatic heterocycles. The van der Waals surface area contributed by atoms with Gasteiger partial charge in [-0.2, -0.15) is 0 Å². The van der Waals surface area contributed by atoms with Gasteiger partial charge in [-0.15, -0.1) is 0 Å². The lowest BCUT2D eigenvalue weighted by atomic mass is 10.2. The van der Waals surface area contributed by atoms with Gasteiger partial charge in [0, 0.05) is 12.2 Å². The number of nitrogens with zero attached hydrogens (tertiary/aromatic N) is 3. The summed E-state index contributed by atoms with van der Waals surface area (Å²) in [6.07, 6.45) is 5.79. The summed E-state index contributed by atoms with van der Waals surface area (Å²) in [5, 5.41) is 13.9. The number of nitro benzene ring substituents is 1. The van der Waals surface area contributed by atoms with Crippen LogP contribution < -0.4 is 5.32 Å². The van der Waals surface area contributed by atoms with Crippen LogP contribution in [0, 0.1) is 15.9 Å². The highest BCUT2D eigenvalue weighted by Crippen LogP contribution is 2.36. The molecule has 0 bridgehead atoms. The quantitative estimate of drug-likeness (QED) is 0.673. The number of aromatic nitrogens is 2. The minimum atomic E-state index is -0.620. The molecule has 0 spiro atoms. The van der Waals surface area contributed by atoms with Gasteiger partial charge < -0.3 is 9.88 Å². The van der Waals surface area contributed by atoms with Gasteiger partial charge in [0.05, 0.1) is 29.6 Å². The maximum atomic E-state index is 13.1. The second-order valence-corrected chi connectivity index (χ2v) is 4.80. The molecule has 0 saturated heterocycles. The molecule has 3 rings (SSSR count). The molecule has 1 saturated carbocycles. The van der Waals surface area contributed by atoms with Crippen molar-refractivity contribution >= 4 is 11.4 Å². The van der Waals surface area contributed by atoms with E-state index in [0.29, 0.717) is 18.3 Å². The van der Waals surface area contributed by atoms with Crippen molar-refractivity contribution in [3.63, 3.8) is 0 Å². The summed E-state index contributed by atoms with van der Waals surface area (Å²) in [7, 11) is 0. The maximum Gasteiger partial charge on any atom is 0.295 e. The van der Waals surface area contributed by atoms with Crippen molar-refractivity contribution in [1.82, 2.24) is 9.55 Å². The van der Waals surface area contributed by atoms with Crippen molar-refractivity contribution in [2.24, 2.45) is 0 Å². The zero-order valence-electron chi connectivity index (χ0n) is 10.6. The van der Waals surface area contributed by atoms with Crippen LogP contribution in [-0.4, -0.2) is 14.5 Å². The third-order valence-electron chi connectivity index (χ3n) is 3.30. The maximum absolute atomic E-state index is 13.1. The van der Waals surface area contributed by atoms with E-state index in [2.05, 4.69) is 14.9 Å². The number of halogens is 1. The lowest BCUT2D eigenvalue weighted by Gasteiger charge is -2.09. The van der Waals surface area contributed by atoms with Crippen LogP contribution in [0.4, 0.5) is 15.8 Å². The van der Waals surface area contributed by atoms with Crippen LogP contribution in [0.3, 0.4) is 0 Å². The van der Waals surface area contributed by atoms with Crippen molar-refractivity contribution in [2.75, 3.05) is 5.32 Å². The Morgan fingerprint density at radius 1 is 1.50 bits per heavy atom. The van der Waals surface area contributed by atoms with Gasteiger partial charge in [0.1, 0.15) is 11.5 Å². The van der Waals surface area contributed by atoms with Crippen LogP contribution in [0.5, 0.6) is 0 Å². The second-order valence-electron chi connectivity index (χ2n) is 4.80. The van der Waals surface area contributed by atoms with Gasteiger partial charge in [-0.25, -0.2) is 9.37 Å². The Labute approximate surface area is 114 Å². The molecule has 2 aromatic rings. The van der Waals surface area contributed by atoms with E-state index in [0.717, 1.165) is 24.6 Å². The minimum absolute atomic E-state index is 0.262. The summed E-state index contributed by atoms with van der Waals surface area (Å²) in [6.45, 7) is 0.420. The summed E-state index contributed by atoms with van der Waals surface area (Å²) in [4.78, 5) is 14.4. The predicted molar refractivity (Wildman–Crippen MR) is 70.9 cm³/mol. The molecule has 0 radical (unpaired) electrons. The molecular weight excluding hydrogens is 263 g/mol. The summed E-state index contributed by atoms with van der Waals surface area (Å²) < 4.78 is 15.1. The van der Waals surface area contributed by atoms with E-state index in [1.54, 1.807) is 12.5 Å². The number of nitro groups is 1. The van der Waals surface area contributed by atoms with Gasteiger partial charge in [-0.1, -0.05) is 0 Å². The highest BCUT2D eigenvalue weighted by atomic mass is 19.1. The Kier molecular flexibility index (Phi) is 3.09. The van der Waals surface area contributed by atoms with E-state index in [1.807, 2.05) is 0 Å². The zero-order valence-corrected chi connectivity index (χ0v) is 10.6. The third-order valence-corrected chi connectivity index (χ3v) is 3.30. The molecule has 0 aliphatic heterocycles. The molecule has 1 aromatic carbocycles. The number of benzene rings is 1.